The molecule has 1 aromatic heterocycles. The van der Waals surface area contributed by atoms with Crippen molar-refractivity contribution in [1.29, 1.82) is 5.26 Å². The summed E-state index contributed by atoms with van der Waals surface area (Å²) in [6.45, 7) is 2.22. The van der Waals surface area contributed by atoms with Crippen molar-refractivity contribution in [2.24, 2.45) is 5.41 Å². The molecule has 13 nitrogen and oxygen atoms in total. The van der Waals surface area contributed by atoms with E-state index in [1.807, 2.05) is 6.07 Å². The van der Waals surface area contributed by atoms with Gasteiger partial charge in [-0.1, -0.05) is 18.2 Å². The summed E-state index contributed by atoms with van der Waals surface area (Å²) >= 11 is 0. The molecule has 1 aromatic carbocycles. The molecule has 14 heteroatoms. The molecule has 0 aliphatic carbocycles. The molecule has 1 saturated heterocycles. The first kappa shape index (κ1) is 26.3. The van der Waals surface area contributed by atoms with Crippen LogP contribution in [0, 0.1) is 16.7 Å². The maximum atomic E-state index is 13.5. The molecule has 0 radical (unpaired) electrons. The monoisotopic (exact) mass is 508 g/mol. The summed E-state index contributed by atoms with van der Waals surface area (Å²) in [5.41, 5.74) is -3.12. The van der Waals surface area contributed by atoms with Crippen molar-refractivity contribution < 1.29 is 33.0 Å². The van der Waals surface area contributed by atoms with Crippen LogP contribution in [0.2, 0.25) is 0 Å². The Kier molecular flexibility index (Phi) is 7.94. The summed E-state index contributed by atoms with van der Waals surface area (Å²) in [6, 6.07) is 9.96. The molecule has 3 rings (SSSR count). The van der Waals surface area contributed by atoms with Crippen LogP contribution in [-0.4, -0.2) is 52.6 Å². The third-order valence-electron chi connectivity index (χ3n) is 5.41. The zero-order chi connectivity index (χ0) is 25.8. The maximum Gasteiger partial charge on any atom is 0.459 e. The third kappa shape index (κ3) is 5.70. The molecule has 2 heterocycles. The minimum Gasteiger partial charge on any atom is -0.468 e. The van der Waals surface area contributed by atoms with Gasteiger partial charge < -0.3 is 19.1 Å². The second-order valence-corrected chi connectivity index (χ2v) is 9.65. The lowest BCUT2D eigenvalue weighted by molar-refractivity contribution is -0.142. The smallest absolute Gasteiger partial charge is 0.459 e. The van der Waals surface area contributed by atoms with Crippen molar-refractivity contribution >= 4 is 13.7 Å². The lowest BCUT2D eigenvalue weighted by Crippen LogP contribution is -2.41. The Labute approximate surface area is 199 Å². The van der Waals surface area contributed by atoms with E-state index in [1.54, 1.807) is 18.2 Å². The summed E-state index contributed by atoms with van der Waals surface area (Å²) in [7, 11) is -3.08. The number of nitrogens with zero attached hydrogens (tertiary/aromatic N) is 2. The summed E-state index contributed by atoms with van der Waals surface area (Å²) in [5, 5.41) is 23.1. The second-order valence-electron chi connectivity index (χ2n) is 7.96. The highest BCUT2D eigenvalue weighted by atomic mass is 31.2. The number of aromatic amines is 1. The van der Waals surface area contributed by atoms with Gasteiger partial charge in [0.25, 0.3) is 5.56 Å². The number of para-hydroxylation sites is 1. The van der Waals surface area contributed by atoms with Gasteiger partial charge >= 0.3 is 19.4 Å². The van der Waals surface area contributed by atoms with Gasteiger partial charge in [0.1, 0.15) is 29.4 Å². The number of hydrogen-bond acceptors (Lipinski definition) is 10. The number of H-pyrrole nitrogens is 1. The summed E-state index contributed by atoms with van der Waals surface area (Å²) < 4.78 is 35.8. The van der Waals surface area contributed by atoms with Crippen molar-refractivity contribution in [3.05, 3.63) is 63.4 Å². The van der Waals surface area contributed by atoms with E-state index in [2.05, 4.69) is 14.8 Å². The van der Waals surface area contributed by atoms with Gasteiger partial charge in [-0.25, -0.2) is 9.36 Å². The average Bonchev–Trinajstić information content (AvgIpc) is 3.08. The Morgan fingerprint density at radius 2 is 2.06 bits per heavy atom. The number of carbonyl (C=O) groups excluding carboxylic acids is 1. The Morgan fingerprint density at radius 3 is 2.66 bits per heavy atom. The van der Waals surface area contributed by atoms with E-state index in [-0.39, 0.29) is 5.75 Å². The number of aliphatic hydroxyl groups excluding tert-OH is 1. The highest BCUT2D eigenvalue weighted by molar-refractivity contribution is 7.52. The maximum absolute atomic E-state index is 13.5. The summed E-state index contributed by atoms with van der Waals surface area (Å²) in [5.74, 6) is -0.551. The number of hydrogen-bond donors (Lipinski definition) is 3. The first-order valence-electron chi connectivity index (χ1n) is 10.4. The molecule has 3 N–H and O–H groups in total. The molecule has 1 fully saturated rings. The van der Waals surface area contributed by atoms with E-state index < -0.39 is 61.5 Å². The Hall–Kier alpha value is -3.27. The molecular weight excluding hydrogens is 483 g/mol. The van der Waals surface area contributed by atoms with Gasteiger partial charge in [-0.3, -0.25) is 23.7 Å². The number of aromatic nitrogens is 2. The Bertz CT molecular complexity index is 1260. The van der Waals surface area contributed by atoms with E-state index in [1.165, 1.54) is 26.0 Å². The molecule has 2 aromatic rings. The predicted molar refractivity (Wildman–Crippen MR) is 120 cm³/mol. The van der Waals surface area contributed by atoms with E-state index >= 15 is 0 Å². The fourth-order valence-corrected chi connectivity index (χ4v) is 4.98. The zero-order valence-electron chi connectivity index (χ0n) is 19.1. The van der Waals surface area contributed by atoms with E-state index in [9.17, 15) is 29.3 Å². The van der Waals surface area contributed by atoms with Crippen LogP contribution in [0.5, 0.6) is 5.75 Å². The normalized spacial score (nSPS) is 26.3. The number of aliphatic hydroxyl groups is 1. The van der Waals surface area contributed by atoms with Gasteiger partial charge in [0.15, 0.2) is 6.23 Å². The molecule has 0 spiro atoms. The van der Waals surface area contributed by atoms with Gasteiger partial charge in [-0.15, -0.1) is 0 Å². The van der Waals surface area contributed by atoms with Crippen LogP contribution < -0.4 is 20.9 Å². The van der Waals surface area contributed by atoms with E-state index in [4.69, 9.17) is 13.8 Å². The third-order valence-corrected chi connectivity index (χ3v) is 7.06. The average molecular weight is 508 g/mol. The number of carbonyl (C=O) groups is 1. The minimum absolute atomic E-state index is 0.174. The molecule has 0 saturated carbocycles. The van der Waals surface area contributed by atoms with Crippen LogP contribution in [0.3, 0.4) is 0 Å². The molecule has 1 aliphatic heterocycles. The SMILES string of the molecule is COC(=O)[C@H](C)NP(=O)(OC[C@H]1O[C@@H](n2ccc(=O)[nH]c2=O)[C@](C)(C#N)[C@@H]1O)Oc1ccccc1. The molecule has 0 bridgehead atoms. The van der Waals surface area contributed by atoms with Gasteiger partial charge in [0, 0.05) is 12.3 Å². The number of nitriles is 1. The molecule has 0 amide bonds. The number of benzene rings is 1. The lowest BCUT2D eigenvalue weighted by atomic mass is 9.84. The number of rotatable bonds is 9. The quantitative estimate of drug-likeness (QED) is 0.320. The number of methoxy groups -OCH3 is 1. The van der Waals surface area contributed by atoms with Crippen LogP contribution in [0.25, 0.3) is 0 Å². The largest absolute Gasteiger partial charge is 0.468 e. The van der Waals surface area contributed by atoms with Crippen molar-refractivity contribution in [3.8, 4) is 11.8 Å². The zero-order valence-corrected chi connectivity index (χ0v) is 20.0. The van der Waals surface area contributed by atoms with Crippen LogP contribution in [0.4, 0.5) is 0 Å². The minimum atomic E-state index is -4.24. The van der Waals surface area contributed by atoms with E-state index in [0.717, 1.165) is 23.9 Å². The molecule has 1 unspecified atom stereocenters. The van der Waals surface area contributed by atoms with Crippen LogP contribution in [0.1, 0.15) is 20.1 Å². The van der Waals surface area contributed by atoms with Crippen LogP contribution in [0.15, 0.2) is 52.2 Å². The molecule has 6 atom stereocenters. The Balaban J connectivity index is 1.85. The summed E-state index contributed by atoms with van der Waals surface area (Å²) in [6.07, 6.45) is -2.87. The molecular formula is C21H25N4O9P. The van der Waals surface area contributed by atoms with Crippen molar-refractivity contribution in [1.82, 2.24) is 14.6 Å². The lowest BCUT2D eigenvalue weighted by Gasteiger charge is -2.26. The van der Waals surface area contributed by atoms with Gasteiger partial charge in [0.05, 0.1) is 19.8 Å². The van der Waals surface area contributed by atoms with Crippen LogP contribution in [-0.2, 0) is 23.4 Å². The number of nitrogens with one attached hydrogen (secondary N) is 2. The number of ether oxygens (including phenoxy) is 2. The van der Waals surface area contributed by atoms with Crippen LogP contribution >= 0.6 is 7.75 Å². The predicted octanol–water partition coefficient (Wildman–Crippen LogP) is 0.680. The van der Waals surface area contributed by atoms with Gasteiger partial charge in [0.2, 0.25) is 0 Å². The van der Waals surface area contributed by atoms with Crippen molar-refractivity contribution in [2.45, 2.75) is 38.3 Å². The Morgan fingerprint density at radius 1 is 1.37 bits per heavy atom. The molecule has 1 aliphatic rings. The molecule has 35 heavy (non-hydrogen) atoms. The fraction of sp³-hybridized carbons (Fsp3) is 0.429. The standard InChI is InChI=1S/C21H25N4O9P/c1-13(18(28)31-3)24-35(30,34-14-7-5-4-6-8-14)32-11-15-17(27)21(2,12-22)19(33-15)25-10-9-16(26)23-20(25)29/h4-10,13,15,17,19,27H,11H2,1-3H3,(H,24,30)(H,23,26,29)/t13-,15+,17+,19+,21+,35?/m0/s1. The highest BCUT2D eigenvalue weighted by Gasteiger charge is 2.55. The van der Waals surface area contributed by atoms with Crippen molar-refractivity contribution in [2.75, 3.05) is 13.7 Å². The number of esters is 1. The first-order chi connectivity index (χ1) is 16.5. The second kappa shape index (κ2) is 10.6. The fourth-order valence-electron chi connectivity index (χ4n) is 3.48. The van der Waals surface area contributed by atoms with Gasteiger partial charge in [-0.05, 0) is 26.0 Å². The van der Waals surface area contributed by atoms with Gasteiger partial charge in [-0.2, -0.15) is 10.3 Å². The van der Waals surface area contributed by atoms with E-state index in [0.29, 0.717) is 0 Å². The topological polar surface area (TPSA) is 182 Å². The molecule has 188 valence electrons. The summed E-state index contributed by atoms with van der Waals surface area (Å²) in [4.78, 5) is 37.6. The highest BCUT2D eigenvalue weighted by Crippen LogP contribution is 2.48. The van der Waals surface area contributed by atoms with Crippen molar-refractivity contribution in [3.63, 3.8) is 0 Å². The first-order valence-corrected chi connectivity index (χ1v) is 12.0.